The number of aliphatic hydroxyl groups is 1. The molecule has 0 saturated heterocycles. The Morgan fingerprint density at radius 3 is 2.53 bits per heavy atom. The largest absolute Gasteiger partial charge is 0.394 e. The molecule has 0 aliphatic rings. The Morgan fingerprint density at radius 1 is 1.47 bits per heavy atom. The van der Waals surface area contributed by atoms with E-state index in [9.17, 15) is 9.18 Å². The molecule has 0 spiro atoms. The first-order chi connectivity index (χ1) is 7.17. The molecule has 1 rings (SSSR count). The van der Waals surface area contributed by atoms with Crippen molar-refractivity contribution in [3.05, 3.63) is 35.6 Å². The molecule has 15 heavy (non-hydrogen) atoms. The topological polar surface area (TPSA) is 49.3 Å². The van der Waals surface area contributed by atoms with Gasteiger partial charge in [0.05, 0.1) is 12.6 Å². The fourth-order valence-corrected chi connectivity index (χ4v) is 1.15. The van der Waals surface area contributed by atoms with Crippen LogP contribution < -0.4 is 5.32 Å². The van der Waals surface area contributed by atoms with Crippen LogP contribution in [0.2, 0.25) is 0 Å². The Morgan fingerprint density at radius 2 is 2.07 bits per heavy atom. The number of carbonyl (C=O) groups is 1. The van der Waals surface area contributed by atoms with E-state index in [0.29, 0.717) is 12.0 Å². The van der Waals surface area contributed by atoms with Crippen LogP contribution >= 0.6 is 0 Å². The van der Waals surface area contributed by atoms with Crippen LogP contribution in [0.4, 0.5) is 4.39 Å². The van der Waals surface area contributed by atoms with Crippen molar-refractivity contribution in [2.24, 2.45) is 0 Å². The zero-order valence-corrected chi connectivity index (χ0v) is 8.53. The number of hydrogen-bond acceptors (Lipinski definition) is 2. The summed E-state index contributed by atoms with van der Waals surface area (Å²) >= 11 is 0. The minimum atomic E-state index is -0.374. The van der Waals surface area contributed by atoms with E-state index < -0.39 is 0 Å². The predicted octanol–water partition coefficient (Wildman–Crippen LogP) is 1.33. The highest BCUT2D eigenvalue weighted by atomic mass is 19.1. The van der Waals surface area contributed by atoms with Gasteiger partial charge in [-0.25, -0.2) is 4.39 Å². The Hall–Kier alpha value is -1.42. The van der Waals surface area contributed by atoms with Crippen LogP contribution in [0.1, 0.15) is 23.7 Å². The highest BCUT2D eigenvalue weighted by molar-refractivity contribution is 5.94. The number of carbonyl (C=O) groups excluding carboxylic acids is 1. The van der Waals surface area contributed by atoms with Gasteiger partial charge < -0.3 is 10.4 Å². The average molecular weight is 211 g/mol. The summed E-state index contributed by atoms with van der Waals surface area (Å²) in [5, 5.41) is 11.5. The van der Waals surface area contributed by atoms with Crippen LogP contribution in [0.15, 0.2) is 24.3 Å². The molecule has 0 aliphatic carbocycles. The minimum absolute atomic E-state index is 0.0938. The third-order valence-corrected chi connectivity index (χ3v) is 2.15. The van der Waals surface area contributed by atoms with E-state index in [1.807, 2.05) is 6.92 Å². The summed E-state index contributed by atoms with van der Waals surface area (Å²) in [5.41, 5.74) is 0.392. The SMILES string of the molecule is CCC(CO)NC(=O)c1ccc(F)cc1. The first-order valence-corrected chi connectivity index (χ1v) is 4.84. The number of aliphatic hydroxyl groups excluding tert-OH is 1. The summed E-state index contributed by atoms with van der Waals surface area (Å²) in [4.78, 5) is 11.5. The molecule has 1 amide bonds. The second-order valence-electron chi connectivity index (χ2n) is 3.27. The highest BCUT2D eigenvalue weighted by Gasteiger charge is 2.10. The molecule has 1 aromatic carbocycles. The maximum Gasteiger partial charge on any atom is 0.251 e. The maximum absolute atomic E-state index is 12.6. The molecule has 1 unspecified atom stereocenters. The Labute approximate surface area is 87.9 Å². The molecule has 0 aromatic heterocycles. The van der Waals surface area contributed by atoms with Crippen molar-refractivity contribution >= 4 is 5.91 Å². The highest BCUT2D eigenvalue weighted by Crippen LogP contribution is 2.03. The van der Waals surface area contributed by atoms with Crippen LogP contribution in [0.5, 0.6) is 0 Å². The van der Waals surface area contributed by atoms with Gasteiger partial charge in [0.2, 0.25) is 0 Å². The molecule has 1 atom stereocenters. The predicted molar refractivity (Wildman–Crippen MR) is 55.0 cm³/mol. The Bertz CT molecular complexity index is 320. The van der Waals surface area contributed by atoms with Crippen molar-refractivity contribution < 1.29 is 14.3 Å². The number of amides is 1. The van der Waals surface area contributed by atoms with Gasteiger partial charge >= 0.3 is 0 Å². The molecule has 0 bridgehead atoms. The summed E-state index contributed by atoms with van der Waals surface area (Å²) in [6.45, 7) is 1.77. The summed E-state index contributed by atoms with van der Waals surface area (Å²) in [7, 11) is 0. The zero-order chi connectivity index (χ0) is 11.3. The molecule has 0 radical (unpaired) electrons. The second kappa shape index (κ2) is 5.46. The van der Waals surface area contributed by atoms with Gasteiger partial charge in [-0.15, -0.1) is 0 Å². The summed E-state index contributed by atoms with van der Waals surface area (Å²) < 4.78 is 12.6. The van der Waals surface area contributed by atoms with Crippen LogP contribution in [-0.4, -0.2) is 23.7 Å². The van der Waals surface area contributed by atoms with E-state index in [1.54, 1.807) is 0 Å². The van der Waals surface area contributed by atoms with Crippen molar-refractivity contribution in [3.8, 4) is 0 Å². The van der Waals surface area contributed by atoms with E-state index in [0.717, 1.165) is 0 Å². The first kappa shape index (κ1) is 11.7. The van der Waals surface area contributed by atoms with Crippen LogP contribution in [0.25, 0.3) is 0 Å². The Balaban J connectivity index is 2.64. The standard InChI is InChI=1S/C11H14FNO2/c1-2-10(7-14)13-11(15)8-3-5-9(12)6-4-8/h3-6,10,14H,2,7H2,1H3,(H,13,15). The number of hydrogen-bond donors (Lipinski definition) is 2. The molecule has 0 aliphatic heterocycles. The molecule has 4 heteroatoms. The lowest BCUT2D eigenvalue weighted by atomic mass is 10.2. The molecule has 0 heterocycles. The van der Waals surface area contributed by atoms with Crippen molar-refractivity contribution in [3.63, 3.8) is 0 Å². The van der Waals surface area contributed by atoms with Crippen LogP contribution in [0, 0.1) is 5.82 Å². The fraction of sp³-hybridized carbons (Fsp3) is 0.364. The quantitative estimate of drug-likeness (QED) is 0.789. The number of benzene rings is 1. The van der Waals surface area contributed by atoms with Crippen LogP contribution in [-0.2, 0) is 0 Å². The van der Waals surface area contributed by atoms with E-state index in [2.05, 4.69) is 5.32 Å². The maximum atomic E-state index is 12.6. The van der Waals surface area contributed by atoms with Gasteiger partial charge in [0.15, 0.2) is 0 Å². The average Bonchev–Trinajstić information content (AvgIpc) is 2.26. The van der Waals surface area contributed by atoms with E-state index in [-0.39, 0.29) is 24.4 Å². The van der Waals surface area contributed by atoms with Crippen molar-refractivity contribution in [1.82, 2.24) is 5.32 Å². The van der Waals surface area contributed by atoms with E-state index >= 15 is 0 Å². The van der Waals surface area contributed by atoms with Gasteiger partial charge in [-0.05, 0) is 30.7 Å². The summed E-state index contributed by atoms with van der Waals surface area (Å²) in [5.74, 6) is -0.670. The lowest BCUT2D eigenvalue weighted by Crippen LogP contribution is -2.36. The second-order valence-corrected chi connectivity index (χ2v) is 3.27. The monoisotopic (exact) mass is 211 g/mol. The number of halogens is 1. The third-order valence-electron chi connectivity index (χ3n) is 2.15. The minimum Gasteiger partial charge on any atom is -0.394 e. The van der Waals surface area contributed by atoms with Crippen molar-refractivity contribution in [2.45, 2.75) is 19.4 Å². The molecule has 82 valence electrons. The van der Waals surface area contributed by atoms with Gasteiger partial charge in [-0.2, -0.15) is 0 Å². The molecular formula is C11H14FNO2. The fourth-order valence-electron chi connectivity index (χ4n) is 1.15. The summed E-state index contributed by atoms with van der Waals surface area (Å²) in [6.07, 6.45) is 0.656. The van der Waals surface area contributed by atoms with Gasteiger partial charge in [0.25, 0.3) is 5.91 Å². The molecule has 0 saturated carbocycles. The lowest BCUT2D eigenvalue weighted by molar-refractivity contribution is 0.0915. The summed E-state index contributed by atoms with van der Waals surface area (Å²) in [6, 6.07) is 5.04. The Kier molecular flexibility index (Phi) is 4.24. The smallest absolute Gasteiger partial charge is 0.251 e. The molecule has 1 aromatic rings. The lowest BCUT2D eigenvalue weighted by Gasteiger charge is -2.13. The molecule has 2 N–H and O–H groups in total. The van der Waals surface area contributed by atoms with Gasteiger partial charge in [-0.1, -0.05) is 6.92 Å². The number of nitrogens with one attached hydrogen (secondary N) is 1. The number of rotatable bonds is 4. The van der Waals surface area contributed by atoms with E-state index in [4.69, 9.17) is 5.11 Å². The van der Waals surface area contributed by atoms with Gasteiger partial charge in [0, 0.05) is 5.56 Å². The first-order valence-electron chi connectivity index (χ1n) is 4.84. The molecule has 3 nitrogen and oxygen atoms in total. The van der Waals surface area contributed by atoms with Crippen molar-refractivity contribution in [2.75, 3.05) is 6.61 Å². The molecule has 0 fully saturated rings. The third kappa shape index (κ3) is 3.32. The normalized spacial score (nSPS) is 12.2. The van der Waals surface area contributed by atoms with E-state index in [1.165, 1.54) is 24.3 Å². The zero-order valence-electron chi connectivity index (χ0n) is 8.53. The molecular weight excluding hydrogens is 197 g/mol. The van der Waals surface area contributed by atoms with Gasteiger partial charge in [-0.3, -0.25) is 4.79 Å². The van der Waals surface area contributed by atoms with Gasteiger partial charge in [0.1, 0.15) is 5.82 Å². The van der Waals surface area contributed by atoms with Crippen LogP contribution in [0.3, 0.4) is 0 Å². The van der Waals surface area contributed by atoms with Crippen molar-refractivity contribution in [1.29, 1.82) is 0 Å².